The second-order valence-corrected chi connectivity index (χ2v) is 8.49. The van der Waals surface area contributed by atoms with E-state index in [-0.39, 0.29) is 5.91 Å². The SMILES string of the molecule is Cc1cc(C)cc(C(=O)NCC2CCN(c3nc4ccccc4s3)CC2)c1. The number of piperidine rings is 1. The van der Waals surface area contributed by atoms with E-state index in [1.165, 1.54) is 4.70 Å². The Bertz CT molecular complexity index is 904. The van der Waals surface area contributed by atoms with Crippen LogP contribution < -0.4 is 10.2 Å². The first-order chi connectivity index (χ1) is 13.1. The van der Waals surface area contributed by atoms with Crippen LogP contribution in [0.15, 0.2) is 42.5 Å². The number of anilines is 1. The molecule has 4 nitrogen and oxygen atoms in total. The van der Waals surface area contributed by atoms with Gasteiger partial charge in [0.05, 0.1) is 10.2 Å². The third-order valence-electron chi connectivity index (χ3n) is 5.20. The number of para-hydroxylation sites is 1. The van der Waals surface area contributed by atoms with Crippen molar-refractivity contribution < 1.29 is 4.79 Å². The minimum absolute atomic E-state index is 0.0374. The van der Waals surface area contributed by atoms with Crippen LogP contribution >= 0.6 is 11.3 Å². The predicted octanol–water partition coefficient (Wildman–Crippen LogP) is 4.56. The molecule has 1 saturated heterocycles. The number of carbonyl (C=O) groups is 1. The summed E-state index contributed by atoms with van der Waals surface area (Å²) in [4.78, 5) is 19.6. The summed E-state index contributed by atoms with van der Waals surface area (Å²) in [5.41, 5.74) is 4.10. The van der Waals surface area contributed by atoms with Gasteiger partial charge in [0.1, 0.15) is 0 Å². The number of carbonyl (C=O) groups excluding carboxylic acids is 1. The zero-order valence-corrected chi connectivity index (χ0v) is 16.7. The quantitative estimate of drug-likeness (QED) is 0.723. The molecule has 1 N–H and O–H groups in total. The van der Waals surface area contributed by atoms with Crippen LogP contribution in [-0.2, 0) is 0 Å². The molecule has 0 unspecified atom stereocenters. The molecule has 0 spiro atoms. The van der Waals surface area contributed by atoms with E-state index in [2.05, 4.69) is 34.5 Å². The number of aryl methyl sites for hydroxylation is 2. The molecule has 2 aromatic carbocycles. The van der Waals surface area contributed by atoms with E-state index in [9.17, 15) is 4.79 Å². The normalized spacial score (nSPS) is 15.3. The molecule has 0 bridgehead atoms. The number of thiazole rings is 1. The maximum atomic E-state index is 12.4. The summed E-state index contributed by atoms with van der Waals surface area (Å²) in [6.07, 6.45) is 2.17. The lowest BCUT2D eigenvalue weighted by Gasteiger charge is -2.31. The molecule has 0 radical (unpaired) electrons. The van der Waals surface area contributed by atoms with Gasteiger partial charge in [0.15, 0.2) is 5.13 Å². The number of rotatable bonds is 4. The number of benzene rings is 2. The first kappa shape index (κ1) is 18.0. The van der Waals surface area contributed by atoms with Crippen molar-refractivity contribution in [1.29, 1.82) is 0 Å². The summed E-state index contributed by atoms with van der Waals surface area (Å²) in [5.74, 6) is 0.570. The molecule has 4 rings (SSSR count). The Balaban J connectivity index is 1.31. The number of hydrogen-bond donors (Lipinski definition) is 1. The van der Waals surface area contributed by atoms with Crippen molar-refractivity contribution in [3.63, 3.8) is 0 Å². The second kappa shape index (κ2) is 7.69. The van der Waals surface area contributed by atoms with E-state index in [0.717, 1.165) is 59.8 Å². The van der Waals surface area contributed by atoms with Gasteiger partial charge in [0, 0.05) is 25.2 Å². The fourth-order valence-corrected chi connectivity index (χ4v) is 4.79. The Morgan fingerprint density at radius 1 is 1.15 bits per heavy atom. The van der Waals surface area contributed by atoms with E-state index < -0.39 is 0 Å². The Labute approximate surface area is 164 Å². The summed E-state index contributed by atoms with van der Waals surface area (Å²) >= 11 is 1.77. The summed E-state index contributed by atoms with van der Waals surface area (Å²) < 4.78 is 1.25. The maximum Gasteiger partial charge on any atom is 0.251 e. The Hall–Kier alpha value is -2.40. The molecule has 1 fully saturated rings. The lowest BCUT2D eigenvalue weighted by molar-refractivity contribution is 0.0944. The lowest BCUT2D eigenvalue weighted by Crippen LogP contribution is -2.38. The topological polar surface area (TPSA) is 45.2 Å². The number of nitrogens with one attached hydrogen (secondary N) is 1. The fourth-order valence-electron chi connectivity index (χ4n) is 3.77. The van der Waals surface area contributed by atoms with Crippen LogP contribution in [-0.4, -0.2) is 30.5 Å². The number of aromatic nitrogens is 1. The molecule has 0 saturated carbocycles. The lowest BCUT2D eigenvalue weighted by atomic mass is 9.97. The molecule has 140 valence electrons. The smallest absolute Gasteiger partial charge is 0.251 e. The van der Waals surface area contributed by atoms with Gasteiger partial charge in [-0.1, -0.05) is 40.7 Å². The summed E-state index contributed by atoms with van der Waals surface area (Å²) in [6, 6.07) is 14.3. The zero-order chi connectivity index (χ0) is 18.8. The minimum atomic E-state index is 0.0374. The molecule has 5 heteroatoms. The number of nitrogens with zero attached hydrogens (tertiary/aromatic N) is 2. The van der Waals surface area contributed by atoms with Gasteiger partial charge in [0.2, 0.25) is 0 Å². The van der Waals surface area contributed by atoms with Crippen molar-refractivity contribution in [3.8, 4) is 0 Å². The fraction of sp³-hybridized carbons (Fsp3) is 0.364. The first-order valence-electron chi connectivity index (χ1n) is 9.55. The highest BCUT2D eigenvalue weighted by Gasteiger charge is 2.22. The highest BCUT2D eigenvalue weighted by atomic mass is 32.1. The van der Waals surface area contributed by atoms with Crippen molar-refractivity contribution in [2.45, 2.75) is 26.7 Å². The molecule has 1 amide bonds. The van der Waals surface area contributed by atoms with Gasteiger partial charge >= 0.3 is 0 Å². The molecule has 0 atom stereocenters. The first-order valence-corrected chi connectivity index (χ1v) is 10.4. The third-order valence-corrected chi connectivity index (χ3v) is 6.30. The Kier molecular flexibility index (Phi) is 5.12. The van der Waals surface area contributed by atoms with E-state index >= 15 is 0 Å². The molecule has 0 aliphatic carbocycles. The van der Waals surface area contributed by atoms with E-state index in [1.54, 1.807) is 11.3 Å². The van der Waals surface area contributed by atoms with Gasteiger partial charge in [-0.15, -0.1) is 0 Å². The van der Waals surface area contributed by atoms with Gasteiger partial charge in [-0.3, -0.25) is 4.79 Å². The van der Waals surface area contributed by atoms with Crippen LogP contribution in [0, 0.1) is 19.8 Å². The molecular formula is C22H25N3OS. The highest BCUT2D eigenvalue weighted by Crippen LogP contribution is 2.31. The Morgan fingerprint density at radius 2 is 1.85 bits per heavy atom. The maximum absolute atomic E-state index is 12.4. The van der Waals surface area contributed by atoms with Crippen molar-refractivity contribution in [1.82, 2.24) is 10.3 Å². The molecular weight excluding hydrogens is 354 g/mol. The van der Waals surface area contributed by atoms with Crippen LogP contribution in [0.3, 0.4) is 0 Å². The van der Waals surface area contributed by atoms with E-state index in [4.69, 9.17) is 4.98 Å². The Morgan fingerprint density at radius 3 is 2.56 bits per heavy atom. The van der Waals surface area contributed by atoms with Crippen molar-refractivity contribution in [2.75, 3.05) is 24.5 Å². The molecule has 27 heavy (non-hydrogen) atoms. The van der Waals surface area contributed by atoms with Crippen LogP contribution in [0.25, 0.3) is 10.2 Å². The molecule has 1 aliphatic rings. The van der Waals surface area contributed by atoms with Gasteiger partial charge in [-0.05, 0) is 56.9 Å². The second-order valence-electron chi connectivity index (χ2n) is 7.48. The number of fused-ring (bicyclic) bond motifs is 1. The minimum Gasteiger partial charge on any atom is -0.352 e. The molecule has 1 aliphatic heterocycles. The highest BCUT2D eigenvalue weighted by molar-refractivity contribution is 7.22. The monoisotopic (exact) mass is 379 g/mol. The van der Waals surface area contributed by atoms with Crippen LogP contribution in [0.5, 0.6) is 0 Å². The number of hydrogen-bond acceptors (Lipinski definition) is 4. The van der Waals surface area contributed by atoms with Crippen LogP contribution in [0.1, 0.15) is 34.3 Å². The zero-order valence-electron chi connectivity index (χ0n) is 15.9. The standard InChI is InChI=1S/C22H25N3OS/c1-15-11-16(2)13-18(12-15)21(26)23-14-17-7-9-25(10-8-17)22-24-19-5-3-4-6-20(19)27-22/h3-6,11-13,17H,7-10,14H2,1-2H3,(H,23,26). The van der Waals surface area contributed by atoms with Gasteiger partial charge in [0.25, 0.3) is 5.91 Å². The van der Waals surface area contributed by atoms with Crippen LogP contribution in [0.4, 0.5) is 5.13 Å². The largest absolute Gasteiger partial charge is 0.352 e. The van der Waals surface area contributed by atoms with Crippen molar-refractivity contribution >= 4 is 32.6 Å². The molecule has 1 aromatic heterocycles. The molecule has 3 aromatic rings. The van der Waals surface area contributed by atoms with Gasteiger partial charge in [-0.25, -0.2) is 4.98 Å². The van der Waals surface area contributed by atoms with Crippen molar-refractivity contribution in [2.24, 2.45) is 5.92 Å². The van der Waals surface area contributed by atoms with Gasteiger partial charge in [-0.2, -0.15) is 0 Å². The van der Waals surface area contributed by atoms with Gasteiger partial charge < -0.3 is 10.2 Å². The predicted molar refractivity (Wildman–Crippen MR) is 113 cm³/mol. The average Bonchev–Trinajstić information content (AvgIpc) is 3.10. The summed E-state index contributed by atoms with van der Waals surface area (Å²) in [5, 5.41) is 4.25. The number of amides is 1. The van der Waals surface area contributed by atoms with E-state index in [1.807, 2.05) is 32.0 Å². The third kappa shape index (κ3) is 4.14. The summed E-state index contributed by atoms with van der Waals surface area (Å²) in [7, 11) is 0. The summed E-state index contributed by atoms with van der Waals surface area (Å²) in [6.45, 7) is 6.82. The van der Waals surface area contributed by atoms with Crippen LogP contribution in [0.2, 0.25) is 0 Å². The average molecular weight is 380 g/mol. The van der Waals surface area contributed by atoms with E-state index in [0.29, 0.717) is 5.92 Å². The van der Waals surface area contributed by atoms with Crippen molar-refractivity contribution in [3.05, 3.63) is 59.2 Å². The molecule has 2 heterocycles.